The molecule has 2 aromatic heterocycles. The number of unbranched alkanes of at least 4 members (excludes halogenated alkanes) is 2. The summed E-state index contributed by atoms with van der Waals surface area (Å²) >= 11 is 0. The average Bonchev–Trinajstić information content (AvgIpc) is 3.69. The second-order valence-corrected chi connectivity index (χ2v) is 12.1. The Balaban J connectivity index is 0.000000295. The molecule has 0 unspecified atom stereocenters. The van der Waals surface area contributed by atoms with Gasteiger partial charge in [0.25, 0.3) is 0 Å². The molecular weight excluding hydrogens is 675 g/mol. The lowest BCUT2D eigenvalue weighted by Gasteiger charge is -2.06. The molecule has 0 aliphatic carbocycles. The quantitative estimate of drug-likeness (QED) is 0.0905. The minimum Gasteiger partial charge on any atom is -0.407 e. The standard InChI is InChI=1S/C24H21FN2O3.C18H20N2O3.2H2/c25-20-12-9-18(10-13-20)19-11-14-21-22(16-19)30-24(29)27(21)23(28)26-15-5-4-8-17-6-2-1-3-7-17;1-3-9-14(4-2)10-7-8-13-19-17(21)20-15-11-5-6-12-16(15)23-18(20)22;;/h1-3,6-7,9-14,16H,4-5,8,15H2,(H,26,28);3-6,9,11-12H,1-2,7-8,10,13H2,(H,19,21);2*1H/b;14-9+;;. The summed E-state index contributed by atoms with van der Waals surface area (Å²) in [6.45, 7) is 8.36. The molecule has 6 aromatic rings. The van der Waals surface area contributed by atoms with Crippen molar-refractivity contribution in [2.24, 2.45) is 0 Å². The summed E-state index contributed by atoms with van der Waals surface area (Å²) in [6, 6.07) is 27.2. The maximum Gasteiger partial charge on any atom is 0.428 e. The van der Waals surface area contributed by atoms with E-state index in [-0.39, 0.29) is 8.67 Å². The van der Waals surface area contributed by atoms with Crippen LogP contribution in [0.4, 0.5) is 14.0 Å². The number of nitrogens with zero attached hydrogens (tertiary/aromatic N) is 2. The van der Waals surface area contributed by atoms with E-state index in [1.807, 2.05) is 24.3 Å². The molecule has 0 bridgehead atoms. The first-order chi connectivity index (χ1) is 25.8. The van der Waals surface area contributed by atoms with Gasteiger partial charge >= 0.3 is 23.6 Å². The molecule has 0 spiro atoms. The van der Waals surface area contributed by atoms with Gasteiger partial charge in [-0.3, -0.25) is 0 Å². The summed E-state index contributed by atoms with van der Waals surface area (Å²) in [7, 11) is 0. The molecule has 2 amide bonds. The van der Waals surface area contributed by atoms with Gasteiger partial charge in [0.15, 0.2) is 11.2 Å². The number of halogens is 1. The fourth-order valence-corrected chi connectivity index (χ4v) is 5.70. The molecule has 53 heavy (non-hydrogen) atoms. The van der Waals surface area contributed by atoms with Crippen molar-refractivity contribution in [1.82, 2.24) is 19.8 Å². The van der Waals surface area contributed by atoms with Crippen molar-refractivity contribution in [3.63, 3.8) is 0 Å². The fraction of sp³-hybridized carbons (Fsp3) is 0.190. The normalized spacial score (nSPS) is 11.2. The highest BCUT2D eigenvalue weighted by Crippen LogP contribution is 2.24. The van der Waals surface area contributed by atoms with E-state index in [0.29, 0.717) is 35.3 Å². The van der Waals surface area contributed by atoms with E-state index >= 15 is 0 Å². The maximum atomic E-state index is 13.1. The maximum absolute atomic E-state index is 13.1. The molecule has 6 rings (SSSR count). The lowest BCUT2D eigenvalue weighted by atomic mass is 10.1. The molecule has 0 radical (unpaired) electrons. The zero-order valence-corrected chi connectivity index (χ0v) is 29.3. The SMILES string of the molecule is C=C/C=C(\C=C)CCCCNC(=O)n1c(=O)oc2ccccc21.O=C(NCCCCc1ccccc1)n1c(=O)oc2cc(-c3ccc(F)cc3)ccc21.[HH].[HH]. The topological polar surface area (TPSA) is 128 Å². The van der Waals surface area contributed by atoms with E-state index in [0.717, 1.165) is 64.4 Å². The van der Waals surface area contributed by atoms with Crippen LogP contribution in [0.2, 0.25) is 0 Å². The summed E-state index contributed by atoms with van der Waals surface area (Å²) in [5.74, 6) is -1.73. The molecule has 10 nitrogen and oxygen atoms in total. The van der Waals surface area contributed by atoms with Crippen molar-refractivity contribution in [3.05, 3.63) is 167 Å². The first-order valence-electron chi connectivity index (χ1n) is 17.4. The Morgan fingerprint density at radius 3 is 1.94 bits per heavy atom. The molecule has 0 fully saturated rings. The zero-order valence-electron chi connectivity index (χ0n) is 29.3. The van der Waals surface area contributed by atoms with Crippen LogP contribution in [0.3, 0.4) is 0 Å². The van der Waals surface area contributed by atoms with Gasteiger partial charge in [-0.15, -0.1) is 0 Å². The molecule has 0 aliphatic heterocycles. The first kappa shape index (κ1) is 37.8. The van der Waals surface area contributed by atoms with Gasteiger partial charge in [0.1, 0.15) is 5.82 Å². The molecule has 276 valence electrons. The Kier molecular flexibility index (Phi) is 13.3. The van der Waals surface area contributed by atoms with Crippen LogP contribution >= 0.6 is 0 Å². The van der Waals surface area contributed by atoms with Crippen molar-refractivity contribution < 1.29 is 25.7 Å². The van der Waals surface area contributed by atoms with E-state index in [1.54, 1.807) is 66.7 Å². The van der Waals surface area contributed by atoms with Gasteiger partial charge in [-0.25, -0.2) is 23.6 Å². The summed E-state index contributed by atoms with van der Waals surface area (Å²) in [4.78, 5) is 48.7. The zero-order chi connectivity index (χ0) is 37.6. The lowest BCUT2D eigenvalue weighted by molar-refractivity contribution is 0.240. The average molecular weight is 721 g/mol. The van der Waals surface area contributed by atoms with Crippen molar-refractivity contribution in [3.8, 4) is 11.1 Å². The summed E-state index contributed by atoms with van der Waals surface area (Å²) in [5.41, 5.74) is 5.51. The van der Waals surface area contributed by atoms with Gasteiger partial charge in [0.05, 0.1) is 11.0 Å². The van der Waals surface area contributed by atoms with Crippen LogP contribution in [-0.4, -0.2) is 34.3 Å². The molecule has 0 saturated carbocycles. The van der Waals surface area contributed by atoms with Crippen LogP contribution in [0.5, 0.6) is 0 Å². The van der Waals surface area contributed by atoms with E-state index in [9.17, 15) is 23.6 Å². The number of nitrogens with one attached hydrogen (secondary N) is 2. The number of hydrogen-bond donors (Lipinski definition) is 2. The Bertz CT molecular complexity index is 2340. The molecule has 0 aliphatic rings. The number of amides is 2. The summed E-state index contributed by atoms with van der Waals surface area (Å²) in [6.07, 6.45) is 10.7. The fourth-order valence-electron chi connectivity index (χ4n) is 5.70. The molecule has 4 aromatic carbocycles. The van der Waals surface area contributed by atoms with Crippen LogP contribution < -0.4 is 22.1 Å². The minimum absolute atomic E-state index is 0. The summed E-state index contributed by atoms with van der Waals surface area (Å²) in [5, 5.41) is 5.52. The Morgan fingerprint density at radius 2 is 1.28 bits per heavy atom. The number of aromatic nitrogens is 2. The number of allylic oxidation sites excluding steroid dienone is 4. The van der Waals surface area contributed by atoms with Gasteiger partial charge in [0, 0.05) is 15.9 Å². The van der Waals surface area contributed by atoms with Crippen molar-refractivity contribution in [2.45, 2.75) is 38.5 Å². The van der Waals surface area contributed by atoms with E-state index in [1.165, 1.54) is 17.7 Å². The summed E-state index contributed by atoms with van der Waals surface area (Å²) < 4.78 is 25.4. The second kappa shape index (κ2) is 18.7. The van der Waals surface area contributed by atoms with Gasteiger partial charge in [0.2, 0.25) is 0 Å². The Hall–Kier alpha value is -6.49. The third-order valence-corrected chi connectivity index (χ3v) is 8.42. The molecule has 2 N–H and O–H groups in total. The number of oxazole rings is 2. The van der Waals surface area contributed by atoms with Crippen molar-refractivity contribution >= 4 is 34.3 Å². The molecule has 0 atom stereocenters. The van der Waals surface area contributed by atoms with E-state index < -0.39 is 23.6 Å². The highest BCUT2D eigenvalue weighted by Gasteiger charge is 2.17. The van der Waals surface area contributed by atoms with Gasteiger partial charge < -0.3 is 19.5 Å². The Morgan fingerprint density at radius 1 is 0.698 bits per heavy atom. The monoisotopic (exact) mass is 720 g/mol. The van der Waals surface area contributed by atoms with E-state index in [4.69, 9.17) is 8.83 Å². The lowest BCUT2D eigenvalue weighted by Crippen LogP contribution is -2.34. The molecule has 0 saturated heterocycles. The number of para-hydroxylation sites is 2. The number of fused-ring (bicyclic) bond motifs is 2. The van der Waals surface area contributed by atoms with Crippen LogP contribution in [0.15, 0.2) is 152 Å². The number of carbonyl (C=O) groups excluding carboxylic acids is 2. The molecular formula is C42H45FN4O6. The first-order valence-corrected chi connectivity index (χ1v) is 17.4. The highest BCUT2D eigenvalue weighted by atomic mass is 19.1. The second-order valence-electron chi connectivity index (χ2n) is 12.1. The number of hydrogen-bond acceptors (Lipinski definition) is 6. The van der Waals surface area contributed by atoms with Gasteiger partial charge in [-0.1, -0.05) is 92.0 Å². The number of carbonyl (C=O) groups is 2. The van der Waals surface area contributed by atoms with Gasteiger partial charge in [-0.05, 0) is 97.2 Å². The Labute approximate surface area is 308 Å². The highest BCUT2D eigenvalue weighted by molar-refractivity contribution is 5.90. The predicted octanol–water partition coefficient (Wildman–Crippen LogP) is 9.09. The number of rotatable bonds is 13. The van der Waals surface area contributed by atoms with Crippen LogP contribution in [-0.2, 0) is 6.42 Å². The number of benzene rings is 4. The van der Waals surface area contributed by atoms with Crippen molar-refractivity contribution in [2.75, 3.05) is 13.1 Å². The molecule has 11 heteroatoms. The molecule has 2 heterocycles. The third-order valence-electron chi connectivity index (χ3n) is 8.42. The number of aryl methyl sites for hydroxylation is 1. The minimum atomic E-state index is -0.733. The van der Waals surface area contributed by atoms with Crippen LogP contribution in [0, 0.1) is 5.82 Å². The van der Waals surface area contributed by atoms with Gasteiger partial charge in [-0.2, -0.15) is 9.13 Å². The van der Waals surface area contributed by atoms with Crippen molar-refractivity contribution in [1.29, 1.82) is 0 Å². The largest absolute Gasteiger partial charge is 0.428 e. The van der Waals surface area contributed by atoms with Crippen LogP contribution in [0.25, 0.3) is 33.3 Å². The van der Waals surface area contributed by atoms with Crippen LogP contribution in [0.1, 0.15) is 40.5 Å². The predicted molar refractivity (Wildman–Crippen MR) is 210 cm³/mol. The van der Waals surface area contributed by atoms with E-state index in [2.05, 4.69) is 35.9 Å². The third kappa shape index (κ3) is 10.1. The smallest absolute Gasteiger partial charge is 0.407 e.